The van der Waals surface area contributed by atoms with Crippen molar-refractivity contribution in [2.24, 2.45) is 0 Å². The van der Waals surface area contributed by atoms with Gasteiger partial charge in [0.15, 0.2) is 0 Å². The van der Waals surface area contributed by atoms with Crippen molar-refractivity contribution in [2.75, 3.05) is 25.0 Å². The van der Waals surface area contributed by atoms with E-state index in [9.17, 15) is 4.79 Å². The summed E-state index contributed by atoms with van der Waals surface area (Å²) < 4.78 is 17.7. The van der Waals surface area contributed by atoms with Crippen LogP contribution in [0.2, 0.25) is 0 Å². The molecule has 9 heteroatoms. The quantitative estimate of drug-likeness (QED) is 0.699. The number of hydrogen-bond donors (Lipinski definition) is 0. The van der Waals surface area contributed by atoms with Gasteiger partial charge in [0.2, 0.25) is 5.95 Å². The molecule has 0 radical (unpaired) electrons. The molecule has 1 aromatic rings. The lowest BCUT2D eigenvalue weighted by atomic mass is 9.81. The number of anilines is 1. The highest BCUT2D eigenvalue weighted by atomic mass is 16.7. The second-order valence-electron chi connectivity index (χ2n) is 10.2. The summed E-state index contributed by atoms with van der Waals surface area (Å²) in [6.07, 6.45) is 5.14. The number of likely N-dealkylation sites (tertiary alicyclic amines) is 1. The summed E-state index contributed by atoms with van der Waals surface area (Å²) in [6, 6.07) is 0.133. The number of likely N-dealkylation sites (N-methyl/N-ethyl adjacent to an activating group) is 1. The predicted molar refractivity (Wildman–Crippen MR) is 117 cm³/mol. The summed E-state index contributed by atoms with van der Waals surface area (Å²) >= 11 is 0. The fourth-order valence-corrected chi connectivity index (χ4v) is 3.54. The molecule has 0 bridgehead atoms. The standard InChI is InChI=1S/C21H35BN4O4/c1-19(2,3)28-18(27)26-11-9-10-16(14-26)25(8)17-23-12-15(13-24-17)22-29-20(4,5)21(6,7)30-22/h12-13,16H,9-11,14H2,1-8H3. The summed E-state index contributed by atoms with van der Waals surface area (Å²) in [5.74, 6) is 0.617. The Balaban J connectivity index is 1.64. The molecule has 8 nitrogen and oxygen atoms in total. The lowest BCUT2D eigenvalue weighted by Crippen LogP contribution is -2.50. The molecule has 2 aliphatic rings. The van der Waals surface area contributed by atoms with E-state index in [1.54, 1.807) is 17.3 Å². The van der Waals surface area contributed by atoms with Crippen LogP contribution in [0.25, 0.3) is 0 Å². The number of aromatic nitrogens is 2. The molecular weight excluding hydrogens is 383 g/mol. The lowest BCUT2D eigenvalue weighted by Gasteiger charge is -2.38. The van der Waals surface area contributed by atoms with Gasteiger partial charge >= 0.3 is 13.2 Å². The normalized spacial score (nSPS) is 23.4. The molecule has 0 aliphatic carbocycles. The molecular formula is C21H35BN4O4. The number of piperidine rings is 1. The molecule has 3 heterocycles. The lowest BCUT2D eigenvalue weighted by molar-refractivity contribution is 0.00578. The first-order chi connectivity index (χ1) is 13.8. The molecule has 2 fully saturated rings. The fraction of sp³-hybridized carbons (Fsp3) is 0.762. The third-order valence-corrected chi connectivity index (χ3v) is 6.09. The highest BCUT2D eigenvalue weighted by Crippen LogP contribution is 2.36. The van der Waals surface area contributed by atoms with Crippen molar-refractivity contribution in [3.8, 4) is 0 Å². The van der Waals surface area contributed by atoms with Crippen LogP contribution in [0.5, 0.6) is 0 Å². The van der Waals surface area contributed by atoms with E-state index in [0.29, 0.717) is 19.0 Å². The van der Waals surface area contributed by atoms with Gasteiger partial charge in [0, 0.05) is 44.0 Å². The maximum absolute atomic E-state index is 12.4. The average Bonchev–Trinajstić information content (AvgIpc) is 2.87. The van der Waals surface area contributed by atoms with Crippen LogP contribution in [0.1, 0.15) is 61.3 Å². The summed E-state index contributed by atoms with van der Waals surface area (Å²) in [5, 5.41) is 0. The molecule has 1 unspecified atom stereocenters. The summed E-state index contributed by atoms with van der Waals surface area (Å²) in [5.41, 5.74) is -0.506. The first kappa shape index (κ1) is 22.8. The van der Waals surface area contributed by atoms with Crippen LogP contribution in [-0.2, 0) is 14.0 Å². The molecule has 0 saturated carbocycles. The molecule has 3 rings (SSSR count). The zero-order valence-corrected chi connectivity index (χ0v) is 19.6. The number of ether oxygens (including phenoxy) is 1. The number of carbonyl (C=O) groups excluding carboxylic acids is 1. The minimum atomic E-state index is -0.498. The number of carbonyl (C=O) groups is 1. The number of amides is 1. The van der Waals surface area contributed by atoms with Crippen LogP contribution >= 0.6 is 0 Å². The van der Waals surface area contributed by atoms with Gasteiger partial charge in [-0.1, -0.05) is 0 Å². The highest BCUT2D eigenvalue weighted by Gasteiger charge is 2.52. The van der Waals surface area contributed by atoms with Crippen molar-refractivity contribution in [2.45, 2.75) is 84.2 Å². The first-order valence-electron chi connectivity index (χ1n) is 10.7. The van der Waals surface area contributed by atoms with Gasteiger partial charge in [-0.25, -0.2) is 14.8 Å². The van der Waals surface area contributed by atoms with E-state index in [1.165, 1.54) is 0 Å². The minimum Gasteiger partial charge on any atom is -0.444 e. The number of rotatable bonds is 3. The van der Waals surface area contributed by atoms with E-state index in [4.69, 9.17) is 14.0 Å². The Labute approximate surface area is 180 Å². The predicted octanol–water partition coefficient (Wildman–Crippen LogP) is 2.61. The van der Waals surface area contributed by atoms with Crippen molar-refractivity contribution in [3.63, 3.8) is 0 Å². The van der Waals surface area contributed by atoms with E-state index < -0.39 is 23.9 Å². The molecule has 30 heavy (non-hydrogen) atoms. The Morgan fingerprint density at radius 1 is 1.20 bits per heavy atom. The van der Waals surface area contributed by atoms with Gasteiger partial charge in [-0.3, -0.25) is 0 Å². The Morgan fingerprint density at radius 3 is 2.30 bits per heavy atom. The molecule has 1 aromatic heterocycles. The smallest absolute Gasteiger partial charge is 0.444 e. The Kier molecular flexibility index (Phi) is 6.08. The molecule has 2 saturated heterocycles. The maximum atomic E-state index is 12.4. The van der Waals surface area contributed by atoms with E-state index >= 15 is 0 Å². The number of hydrogen-bond acceptors (Lipinski definition) is 7. The molecule has 166 valence electrons. The van der Waals surface area contributed by atoms with Crippen molar-refractivity contribution in [1.82, 2.24) is 14.9 Å². The molecule has 0 N–H and O–H groups in total. The van der Waals surface area contributed by atoms with Crippen molar-refractivity contribution in [1.29, 1.82) is 0 Å². The molecule has 1 amide bonds. The van der Waals surface area contributed by atoms with Crippen molar-refractivity contribution in [3.05, 3.63) is 12.4 Å². The van der Waals surface area contributed by atoms with Gasteiger partial charge in [0.25, 0.3) is 0 Å². The van der Waals surface area contributed by atoms with Crippen molar-refractivity contribution >= 4 is 24.6 Å². The van der Waals surface area contributed by atoms with Gasteiger partial charge in [0.1, 0.15) is 5.60 Å². The third-order valence-electron chi connectivity index (χ3n) is 6.09. The van der Waals surface area contributed by atoms with Crippen LogP contribution in [0.3, 0.4) is 0 Å². The van der Waals surface area contributed by atoms with E-state index in [2.05, 4.69) is 9.97 Å². The largest absolute Gasteiger partial charge is 0.498 e. The van der Waals surface area contributed by atoms with Gasteiger partial charge in [-0.2, -0.15) is 0 Å². The first-order valence-corrected chi connectivity index (χ1v) is 10.7. The topological polar surface area (TPSA) is 77.0 Å². The number of nitrogens with zero attached hydrogens (tertiary/aromatic N) is 4. The van der Waals surface area contributed by atoms with Gasteiger partial charge in [0.05, 0.1) is 11.2 Å². The summed E-state index contributed by atoms with van der Waals surface area (Å²) in [7, 11) is 1.49. The maximum Gasteiger partial charge on any atom is 0.498 e. The highest BCUT2D eigenvalue weighted by molar-refractivity contribution is 6.61. The summed E-state index contributed by atoms with van der Waals surface area (Å²) in [4.78, 5) is 25.3. The molecule has 2 aliphatic heterocycles. The molecule has 1 atom stereocenters. The van der Waals surface area contributed by atoms with E-state index in [1.807, 2.05) is 60.4 Å². The van der Waals surface area contributed by atoms with Crippen molar-refractivity contribution < 1.29 is 18.8 Å². The fourth-order valence-electron chi connectivity index (χ4n) is 3.54. The Morgan fingerprint density at radius 2 is 1.77 bits per heavy atom. The average molecular weight is 418 g/mol. The minimum absolute atomic E-state index is 0.133. The zero-order valence-electron chi connectivity index (χ0n) is 19.6. The monoisotopic (exact) mass is 418 g/mol. The zero-order chi connectivity index (χ0) is 22.3. The molecule has 0 aromatic carbocycles. The van der Waals surface area contributed by atoms with Crippen LogP contribution in [0.4, 0.5) is 10.7 Å². The van der Waals surface area contributed by atoms with Crippen LogP contribution in [0, 0.1) is 0 Å². The molecule has 0 spiro atoms. The summed E-state index contributed by atoms with van der Waals surface area (Å²) in [6.45, 7) is 15.0. The SMILES string of the molecule is CN(c1ncc(B2OC(C)(C)C(C)(C)O2)cn1)C1CCCN(C(=O)OC(C)(C)C)C1. The van der Waals surface area contributed by atoms with Crippen LogP contribution in [-0.4, -0.2) is 71.1 Å². The van der Waals surface area contributed by atoms with Crippen LogP contribution < -0.4 is 10.4 Å². The van der Waals surface area contributed by atoms with Gasteiger partial charge < -0.3 is 23.8 Å². The van der Waals surface area contributed by atoms with Crippen LogP contribution in [0.15, 0.2) is 12.4 Å². The second kappa shape index (κ2) is 8.00. The Hall–Kier alpha value is -1.87. The van der Waals surface area contributed by atoms with E-state index in [0.717, 1.165) is 18.3 Å². The second-order valence-corrected chi connectivity index (χ2v) is 10.2. The third kappa shape index (κ3) is 4.89. The van der Waals surface area contributed by atoms with Gasteiger partial charge in [-0.05, 0) is 61.3 Å². The van der Waals surface area contributed by atoms with E-state index in [-0.39, 0.29) is 12.1 Å². The van der Waals surface area contributed by atoms with Gasteiger partial charge in [-0.15, -0.1) is 0 Å². The Bertz CT molecular complexity index is 747.